The highest BCUT2D eigenvalue weighted by Crippen LogP contribution is 2.53. The predicted octanol–water partition coefficient (Wildman–Crippen LogP) is 4.07. The lowest BCUT2D eigenvalue weighted by molar-refractivity contribution is -0.0142. The van der Waals surface area contributed by atoms with Crippen molar-refractivity contribution in [2.75, 3.05) is 18.5 Å². The summed E-state index contributed by atoms with van der Waals surface area (Å²) in [5.41, 5.74) is 2.46. The SMILES string of the molecule is CN(CCc1ccccn1)c1ncccc1CNC1C2CC3CC(C2)CC1C3. The van der Waals surface area contributed by atoms with Crippen LogP contribution in [0.15, 0.2) is 42.7 Å². The summed E-state index contributed by atoms with van der Waals surface area (Å²) >= 11 is 0. The zero-order valence-electron chi connectivity index (χ0n) is 16.9. The largest absolute Gasteiger partial charge is 0.359 e. The third-order valence-electron chi connectivity index (χ3n) is 7.41. The highest BCUT2D eigenvalue weighted by Gasteiger charge is 2.47. The summed E-state index contributed by atoms with van der Waals surface area (Å²) < 4.78 is 0. The van der Waals surface area contributed by atoms with E-state index in [0.29, 0.717) is 0 Å². The van der Waals surface area contributed by atoms with Crippen LogP contribution in [-0.2, 0) is 13.0 Å². The number of hydrogen-bond acceptors (Lipinski definition) is 4. The molecule has 0 aliphatic heterocycles. The van der Waals surface area contributed by atoms with Crippen molar-refractivity contribution < 1.29 is 0 Å². The topological polar surface area (TPSA) is 41.1 Å². The molecule has 2 heterocycles. The molecule has 0 spiro atoms. The van der Waals surface area contributed by atoms with Crippen molar-refractivity contribution in [1.29, 1.82) is 0 Å². The van der Waals surface area contributed by atoms with Gasteiger partial charge in [0.15, 0.2) is 0 Å². The standard InChI is InChI=1S/C24H32N4/c1-28(10-7-22-6-2-3-8-25-22)24-19(5-4-9-26-24)16-27-23-20-12-17-11-18(14-20)15-21(23)13-17/h2-6,8-9,17-18,20-21,23,27H,7,10-16H2,1H3. The Morgan fingerprint density at radius 3 is 2.39 bits per heavy atom. The first kappa shape index (κ1) is 18.1. The van der Waals surface area contributed by atoms with Gasteiger partial charge in [0.05, 0.1) is 0 Å². The van der Waals surface area contributed by atoms with E-state index in [9.17, 15) is 0 Å². The molecule has 4 fully saturated rings. The third kappa shape index (κ3) is 3.67. The molecule has 4 bridgehead atoms. The fraction of sp³-hybridized carbons (Fsp3) is 0.583. The van der Waals surface area contributed by atoms with Gasteiger partial charge in [-0.25, -0.2) is 4.98 Å². The van der Waals surface area contributed by atoms with Gasteiger partial charge < -0.3 is 10.2 Å². The summed E-state index contributed by atoms with van der Waals surface area (Å²) in [6.45, 7) is 1.86. The number of likely N-dealkylation sites (N-methyl/N-ethyl adjacent to an activating group) is 1. The second-order valence-electron chi connectivity index (χ2n) is 9.32. The number of rotatable bonds is 7. The van der Waals surface area contributed by atoms with Gasteiger partial charge in [0.1, 0.15) is 5.82 Å². The average molecular weight is 377 g/mol. The minimum absolute atomic E-state index is 0.722. The average Bonchev–Trinajstić information content (AvgIpc) is 2.72. The maximum Gasteiger partial charge on any atom is 0.132 e. The van der Waals surface area contributed by atoms with Gasteiger partial charge in [0.2, 0.25) is 0 Å². The summed E-state index contributed by atoms with van der Waals surface area (Å²) in [6.07, 6.45) is 12.1. The van der Waals surface area contributed by atoms with Gasteiger partial charge in [-0.2, -0.15) is 0 Å². The molecule has 4 heteroatoms. The van der Waals surface area contributed by atoms with Gasteiger partial charge in [0, 0.05) is 56.3 Å². The van der Waals surface area contributed by atoms with Gasteiger partial charge in [-0.1, -0.05) is 12.1 Å². The molecule has 4 aliphatic rings. The second kappa shape index (κ2) is 7.82. The van der Waals surface area contributed by atoms with Gasteiger partial charge in [-0.3, -0.25) is 4.98 Å². The van der Waals surface area contributed by atoms with E-state index in [-0.39, 0.29) is 0 Å². The molecule has 2 aromatic heterocycles. The Hall–Kier alpha value is -1.94. The summed E-state index contributed by atoms with van der Waals surface area (Å²) in [5.74, 6) is 5.01. The molecule has 0 saturated heterocycles. The van der Waals surface area contributed by atoms with Crippen LogP contribution in [0.3, 0.4) is 0 Å². The van der Waals surface area contributed by atoms with Crippen molar-refractivity contribution in [3.8, 4) is 0 Å². The van der Waals surface area contributed by atoms with E-state index in [2.05, 4.69) is 46.5 Å². The number of anilines is 1. The van der Waals surface area contributed by atoms with Crippen molar-refractivity contribution >= 4 is 5.82 Å². The second-order valence-corrected chi connectivity index (χ2v) is 9.32. The van der Waals surface area contributed by atoms with E-state index in [1.807, 2.05) is 18.5 Å². The van der Waals surface area contributed by atoms with E-state index < -0.39 is 0 Å². The molecular weight excluding hydrogens is 344 g/mol. The Bertz CT molecular complexity index is 762. The quantitative estimate of drug-likeness (QED) is 0.791. The minimum atomic E-state index is 0.722. The Labute approximate surface area is 168 Å². The number of nitrogens with one attached hydrogen (secondary N) is 1. The zero-order valence-corrected chi connectivity index (χ0v) is 16.9. The van der Waals surface area contributed by atoms with Gasteiger partial charge in [-0.15, -0.1) is 0 Å². The van der Waals surface area contributed by atoms with Gasteiger partial charge in [0.25, 0.3) is 0 Å². The monoisotopic (exact) mass is 376 g/mol. The molecule has 0 amide bonds. The first-order valence-corrected chi connectivity index (χ1v) is 11.0. The molecule has 4 aliphatic carbocycles. The first-order valence-electron chi connectivity index (χ1n) is 11.0. The molecule has 4 nitrogen and oxygen atoms in total. The van der Waals surface area contributed by atoms with Crippen LogP contribution in [-0.4, -0.2) is 29.6 Å². The van der Waals surface area contributed by atoms with Crippen LogP contribution in [0.4, 0.5) is 5.82 Å². The van der Waals surface area contributed by atoms with Crippen molar-refractivity contribution in [1.82, 2.24) is 15.3 Å². The van der Waals surface area contributed by atoms with Crippen LogP contribution in [0.1, 0.15) is 43.4 Å². The zero-order chi connectivity index (χ0) is 18.9. The molecule has 0 aromatic carbocycles. The summed E-state index contributed by atoms with van der Waals surface area (Å²) in [4.78, 5) is 11.4. The highest BCUT2D eigenvalue weighted by molar-refractivity contribution is 5.46. The van der Waals surface area contributed by atoms with Crippen molar-refractivity contribution in [3.05, 3.63) is 54.0 Å². The van der Waals surface area contributed by atoms with Crippen molar-refractivity contribution in [2.24, 2.45) is 23.7 Å². The molecule has 1 N–H and O–H groups in total. The lowest BCUT2D eigenvalue weighted by atomic mass is 9.54. The van der Waals surface area contributed by atoms with E-state index in [1.54, 1.807) is 0 Å². The van der Waals surface area contributed by atoms with Crippen LogP contribution < -0.4 is 10.2 Å². The van der Waals surface area contributed by atoms with Crippen molar-refractivity contribution in [2.45, 2.75) is 51.1 Å². The fourth-order valence-corrected chi connectivity index (χ4v) is 6.33. The Morgan fingerprint density at radius 1 is 0.929 bits per heavy atom. The number of hydrogen-bond donors (Lipinski definition) is 1. The lowest BCUT2D eigenvalue weighted by Crippen LogP contribution is -2.54. The molecule has 6 rings (SSSR count). The van der Waals surface area contributed by atoms with Crippen LogP contribution >= 0.6 is 0 Å². The van der Waals surface area contributed by atoms with Crippen molar-refractivity contribution in [3.63, 3.8) is 0 Å². The molecule has 4 saturated carbocycles. The summed E-state index contributed by atoms with van der Waals surface area (Å²) in [5, 5.41) is 3.97. The lowest BCUT2D eigenvalue weighted by Gasteiger charge is -2.54. The maximum absolute atomic E-state index is 4.71. The smallest absolute Gasteiger partial charge is 0.132 e. The summed E-state index contributed by atoms with van der Waals surface area (Å²) in [6, 6.07) is 11.2. The molecule has 2 aromatic rings. The van der Waals surface area contributed by atoms with Crippen LogP contribution in [0.5, 0.6) is 0 Å². The molecule has 148 valence electrons. The van der Waals surface area contributed by atoms with E-state index in [1.165, 1.54) is 37.7 Å². The highest BCUT2D eigenvalue weighted by atomic mass is 15.2. The first-order chi connectivity index (χ1) is 13.8. The Balaban J connectivity index is 1.22. The normalized spacial score (nSPS) is 30.5. The minimum Gasteiger partial charge on any atom is -0.359 e. The molecule has 28 heavy (non-hydrogen) atoms. The molecule has 0 unspecified atom stereocenters. The molecule has 0 radical (unpaired) electrons. The molecular formula is C24H32N4. The van der Waals surface area contributed by atoms with E-state index in [0.717, 1.165) is 60.7 Å². The predicted molar refractivity (Wildman–Crippen MR) is 113 cm³/mol. The fourth-order valence-electron chi connectivity index (χ4n) is 6.33. The van der Waals surface area contributed by atoms with Gasteiger partial charge in [-0.05, 0) is 74.0 Å². The molecule has 0 atom stereocenters. The van der Waals surface area contributed by atoms with E-state index >= 15 is 0 Å². The van der Waals surface area contributed by atoms with Gasteiger partial charge >= 0.3 is 0 Å². The third-order valence-corrected chi connectivity index (χ3v) is 7.41. The summed E-state index contributed by atoms with van der Waals surface area (Å²) in [7, 11) is 2.15. The van der Waals surface area contributed by atoms with E-state index in [4.69, 9.17) is 4.98 Å². The Kier molecular flexibility index (Phi) is 5.06. The number of aromatic nitrogens is 2. The van der Waals surface area contributed by atoms with Crippen LogP contribution in [0, 0.1) is 23.7 Å². The van der Waals surface area contributed by atoms with Crippen LogP contribution in [0.2, 0.25) is 0 Å². The number of nitrogens with zero attached hydrogens (tertiary/aromatic N) is 3. The maximum atomic E-state index is 4.71. The van der Waals surface area contributed by atoms with Crippen LogP contribution in [0.25, 0.3) is 0 Å². The Morgan fingerprint density at radius 2 is 1.68 bits per heavy atom. The number of pyridine rings is 2.